The molecular formula is C21H35N5. The molecule has 2 atom stereocenters. The predicted molar refractivity (Wildman–Crippen MR) is 111 cm³/mol. The molecule has 26 heavy (non-hydrogen) atoms. The number of likely N-dealkylation sites (tertiary alicyclic amines) is 1. The number of rotatable bonds is 7. The van der Waals surface area contributed by atoms with Crippen molar-refractivity contribution in [3.8, 4) is 0 Å². The monoisotopic (exact) mass is 357 g/mol. The number of anilines is 1. The second-order valence-electron chi connectivity index (χ2n) is 7.74. The Morgan fingerprint density at radius 1 is 1.19 bits per heavy atom. The van der Waals surface area contributed by atoms with E-state index in [0.717, 1.165) is 38.6 Å². The molecule has 0 aromatic heterocycles. The Morgan fingerprint density at radius 2 is 1.96 bits per heavy atom. The Bertz CT molecular complexity index is 553. The molecule has 0 spiro atoms. The average molecular weight is 358 g/mol. The Kier molecular flexibility index (Phi) is 7.18. The summed E-state index contributed by atoms with van der Waals surface area (Å²) in [7, 11) is 0. The van der Waals surface area contributed by atoms with Gasteiger partial charge in [0, 0.05) is 44.5 Å². The van der Waals surface area contributed by atoms with Gasteiger partial charge >= 0.3 is 0 Å². The van der Waals surface area contributed by atoms with E-state index in [1.807, 2.05) is 0 Å². The fourth-order valence-corrected chi connectivity index (χ4v) is 3.98. The molecule has 2 unspecified atom stereocenters. The lowest BCUT2D eigenvalue weighted by molar-refractivity contribution is 0.291. The minimum Gasteiger partial charge on any atom is -0.369 e. The predicted octanol–water partition coefficient (Wildman–Crippen LogP) is 2.55. The van der Waals surface area contributed by atoms with Gasteiger partial charge in [-0.05, 0) is 57.3 Å². The van der Waals surface area contributed by atoms with Gasteiger partial charge < -0.3 is 20.4 Å². The molecule has 2 fully saturated rings. The topological polar surface area (TPSA) is 42.9 Å². The molecule has 0 radical (unpaired) electrons. The summed E-state index contributed by atoms with van der Waals surface area (Å²) in [6.07, 6.45) is 3.88. The number of aliphatic imine (C=N–C) groups is 1. The molecule has 1 aromatic rings. The molecule has 0 aliphatic carbocycles. The first kappa shape index (κ1) is 19.0. The van der Waals surface area contributed by atoms with Gasteiger partial charge in [-0.3, -0.25) is 4.99 Å². The van der Waals surface area contributed by atoms with Crippen LogP contribution >= 0.6 is 0 Å². The van der Waals surface area contributed by atoms with E-state index >= 15 is 0 Å². The molecule has 3 rings (SSSR count). The smallest absolute Gasteiger partial charge is 0.191 e. The molecular weight excluding hydrogens is 322 g/mol. The average Bonchev–Trinajstić information content (AvgIpc) is 3.33. The number of nitrogens with one attached hydrogen (secondary N) is 2. The van der Waals surface area contributed by atoms with Crippen LogP contribution in [0.25, 0.3) is 0 Å². The zero-order chi connectivity index (χ0) is 18.2. The standard InChI is InChI=1S/C21H35N5/c1-3-22-21(23-15-18(2)16-25-12-7-8-13-25)24-19-11-14-26(17-19)20-9-5-4-6-10-20/h4-6,9-10,18-19H,3,7-8,11-17H2,1-2H3,(H2,22,23,24). The quantitative estimate of drug-likeness (QED) is 0.581. The fourth-order valence-electron chi connectivity index (χ4n) is 3.98. The lowest BCUT2D eigenvalue weighted by atomic mass is 10.2. The van der Waals surface area contributed by atoms with E-state index in [9.17, 15) is 0 Å². The van der Waals surface area contributed by atoms with E-state index in [-0.39, 0.29) is 0 Å². The zero-order valence-corrected chi connectivity index (χ0v) is 16.5. The van der Waals surface area contributed by atoms with Gasteiger partial charge in [0.05, 0.1) is 0 Å². The lowest BCUT2D eigenvalue weighted by Gasteiger charge is -2.21. The van der Waals surface area contributed by atoms with Crippen molar-refractivity contribution in [3.63, 3.8) is 0 Å². The SMILES string of the molecule is CCNC(=NCC(C)CN1CCCC1)NC1CCN(c2ccccc2)C1. The molecule has 0 bridgehead atoms. The van der Waals surface area contributed by atoms with E-state index in [4.69, 9.17) is 4.99 Å². The fraction of sp³-hybridized carbons (Fsp3) is 0.667. The minimum atomic E-state index is 0.460. The normalized spacial score (nSPS) is 22.6. The van der Waals surface area contributed by atoms with Crippen LogP contribution in [0.1, 0.15) is 33.1 Å². The summed E-state index contributed by atoms with van der Waals surface area (Å²) in [5, 5.41) is 7.07. The Morgan fingerprint density at radius 3 is 2.69 bits per heavy atom. The van der Waals surface area contributed by atoms with Gasteiger partial charge in [0.1, 0.15) is 0 Å². The Hall–Kier alpha value is -1.75. The summed E-state index contributed by atoms with van der Waals surface area (Å²) in [6.45, 7) is 12.1. The summed E-state index contributed by atoms with van der Waals surface area (Å²) in [6, 6.07) is 11.2. The molecule has 0 saturated carbocycles. The van der Waals surface area contributed by atoms with E-state index in [1.165, 1.54) is 38.2 Å². The second kappa shape index (κ2) is 9.81. The van der Waals surface area contributed by atoms with Gasteiger partial charge in [0.25, 0.3) is 0 Å². The molecule has 144 valence electrons. The highest BCUT2D eigenvalue weighted by atomic mass is 15.2. The van der Waals surface area contributed by atoms with Crippen molar-refractivity contribution in [1.29, 1.82) is 0 Å². The third-order valence-electron chi connectivity index (χ3n) is 5.32. The van der Waals surface area contributed by atoms with Crippen molar-refractivity contribution in [1.82, 2.24) is 15.5 Å². The van der Waals surface area contributed by atoms with Gasteiger partial charge in [-0.15, -0.1) is 0 Å². The van der Waals surface area contributed by atoms with Crippen LogP contribution in [0.5, 0.6) is 0 Å². The molecule has 2 saturated heterocycles. The Balaban J connectivity index is 1.48. The highest BCUT2D eigenvalue weighted by molar-refractivity contribution is 5.80. The molecule has 5 nitrogen and oxygen atoms in total. The molecule has 2 aliphatic rings. The van der Waals surface area contributed by atoms with Crippen LogP contribution in [0.3, 0.4) is 0 Å². The van der Waals surface area contributed by atoms with E-state index in [0.29, 0.717) is 12.0 Å². The van der Waals surface area contributed by atoms with Crippen LogP contribution in [-0.4, -0.2) is 62.7 Å². The van der Waals surface area contributed by atoms with Crippen LogP contribution in [0.2, 0.25) is 0 Å². The molecule has 2 heterocycles. The summed E-state index contributed by atoms with van der Waals surface area (Å²) >= 11 is 0. The largest absolute Gasteiger partial charge is 0.369 e. The summed E-state index contributed by atoms with van der Waals surface area (Å²) in [5.74, 6) is 1.58. The third-order valence-corrected chi connectivity index (χ3v) is 5.32. The first-order chi connectivity index (χ1) is 12.7. The maximum Gasteiger partial charge on any atom is 0.191 e. The number of para-hydroxylation sites is 1. The van der Waals surface area contributed by atoms with Crippen LogP contribution in [0.15, 0.2) is 35.3 Å². The zero-order valence-electron chi connectivity index (χ0n) is 16.5. The van der Waals surface area contributed by atoms with Crippen molar-refractivity contribution < 1.29 is 0 Å². The van der Waals surface area contributed by atoms with Gasteiger partial charge in [0.2, 0.25) is 0 Å². The number of benzene rings is 1. The molecule has 0 amide bonds. The van der Waals surface area contributed by atoms with Crippen molar-refractivity contribution >= 4 is 11.6 Å². The number of hydrogen-bond donors (Lipinski definition) is 2. The summed E-state index contributed by atoms with van der Waals surface area (Å²) in [4.78, 5) is 9.90. The second-order valence-corrected chi connectivity index (χ2v) is 7.74. The van der Waals surface area contributed by atoms with Crippen molar-refractivity contribution in [2.75, 3.05) is 50.7 Å². The highest BCUT2D eigenvalue weighted by Crippen LogP contribution is 2.19. The Labute approximate surface area is 158 Å². The number of nitrogens with zero attached hydrogens (tertiary/aromatic N) is 3. The molecule has 2 N–H and O–H groups in total. The first-order valence-electron chi connectivity index (χ1n) is 10.3. The van der Waals surface area contributed by atoms with E-state index in [1.54, 1.807) is 0 Å². The van der Waals surface area contributed by atoms with Gasteiger partial charge in [-0.2, -0.15) is 0 Å². The van der Waals surface area contributed by atoms with Crippen LogP contribution in [0.4, 0.5) is 5.69 Å². The van der Waals surface area contributed by atoms with Gasteiger partial charge in [0.15, 0.2) is 5.96 Å². The molecule has 5 heteroatoms. The van der Waals surface area contributed by atoms with Crippen molar-refractivity contribution in [3.05, 3.63) is 30.3 Å². The highest BCUT2D eigenvalue weighted by Gasteiger charge is 2.23. The van der Waals surface area contributed by atoms with Crippen LogP contribution in [0, 0.1) is 5.92 Å². The molecule has 1 aromatic carbocycles. The number of hydrogen-bond acceptors (Lipinski definition) is 3. The first-order valence-corrected chi connectivity index (χ1v) is 10.3. The summed E-state index contributed by atoms with van der Waals surface area (Å²) < 4.78 is 0. The molecule has 2 aliphatic heterocycles. The van der Waals surface area contributed by atoms with Crippen LogP contribution in [-0.2, 0) is 0 Å². The van der Waals surface area contributed by atoms with E-state index in [2.05, 4.69) is 64.6 Å². The van der Waals surface area contributed by atoms with Crippen molar-refractivity contribution in [2.45, 2.75) is 39.2 Å². The maximum absolute atomic E-state index is 4.87. The van der Waals surface area contributed by atoms with Crippen molar-refractivity contribution in [2.24, 2.45) is 10.9 Å². The van der Waals surface area contributed by atoms with E-state index < -0.39 is 0 Å². The van der Waals surface area contributed by atoms with Crippen LogP contribution < -0.4 is 15.5 Å². The van der Waals surface area contributed by atoms with Gasteiger partial charge in [-0.25, -0.2) is 0 Å². The number of guanidine groups is 1. The van der Waals surface area contributed by atoms with Gasteiger partial charge in [-0.1, -0.05) is 25.1 Å². The lowest BCUT2D eigenvalue weighted by Crippen LogP contribution is -2.45. The maximum atomic E-state index is 4.87. The summed E-state index contributed by atoms with van der Waals surface area (Å²) in [5.41, 5.74) is 1.32. The minimum absolute atomic E-state index is 0.460. The third kappa shape index (κ3) is 5.63.